The molecule has 6 nitrogen and oxygen atoms in total. The van der Waals surface area contributed by atoms with Crippen molar-refractivity contribution in [1.29, 1.82) is 0 Å². The van der Waals surface area contributed by atoms with E-state index in [-0.39, 0.29) is 18.1 Å². The first kappa shape index (κ1) is 16.3. The van der Waals surface area contributed by atoms with Crippen LogP contribution in [0.2, 0.25) is 0 Å². The van der Waals surface area contributed by atoms with Crippen molar-refractivity contribution in [3.05, 3.63) is 17.5 Å². The topological polar surface area (TPSA) is 66.9 Å². The highest BCUT2D eigenvalue weighted by molar-refractivity contribution is 7.89. The lowest BCUT2D eigenvalue weighted by Crippen LogP contribution is -2.49. The van der Waals surface area contributed by atoms with Gasteiger partial charge >= 0.3 is 5.97 Å². The van der Waals surface area contributed by atoms with Gasteiger partial charge in [0.05, 0.1) is 17.9 Å². The Labute approximate surface area is 129 Å². The van der Waals surface area contributed by atoms with Crippen molar-refractivity contribution in [3.8, 4) is 0 Å². The van der Waals surface area contributed by atoms with Gasteiger partial charge in [-0.1, -0.05) is 0 Å². The summed E-state index contributed by atoms with van der Waals surface area (Å²) in [5, 5.41) is 3.20. The second kappa shape index (κ2) is 7.24. The predicted octanol–water partition coefficient (Wildman–Crippen LogP) is 1.15. The highest BCUT2D eigenvalue weighted by atomic mass is 32.2. The van der Waals surface area contributed by atoms with Gasteiger partial charge in [0, 0.05) is 32.6 Å². The zero-order valence-electron chi connectivity index (χ0n) is 12.0. The molecule has 1 fully saturated rings. The van der Waals surface area contributed by atoms with Gasteiger partial charge in [0.25, 0.3) is 0 Å². The molecule has 0 saturated carbocycles. The number of hydrogen-bond donors (Lipinski definition) is 0. The number of anilines is 1. The van der Waals surface area contributed by atoms with E-state index < -0.39 is 10.0 Å². The van der Waals surface area contributed by atoms with E-state index >= 15 is 0 Å². The van der Waals surface area contributed by atoms with Crippen molar-refractivity contribution >= 4 is 32.3 Å². The predicted molar refractivity (Wildman–Crippen MR) is 83.1 cm³/mol. The smallest absolute Gasteiger partial charge is 0.305 e. The molecule has 0 bridgehead atoms. The molecule has 1 aromatic heterocycles. The van der Waals surface area contributed by atoms with Crippen molar-refractivity contribution in [3.63, 3.8) is 0 Å². The number of hydrogen-bond acceptors (Lipinski definition) is 6. The number of rotatable bonds is 6. The molecule has 1 aliphatic heterocycles. The lowest BCUT2D eigenvalue weighted by Gasteiger charge is -2.34. The molecular formula is C13H20N2O4S2. The van der Waals surface area contributed by atoms with Crippen LogP contribution in [-0.4, -0.2) is 57.7 Å². The molecule has 1 aromatic rings. The van der Waals surface area contributed by atoms with E-state index in [0.29, 0.717) is 32.6 Å². The van der Waals surface area contributed by atoms with Crippen LogP contribution in [-0.2, 0) is 19.6 Å². The Hall–Kier alpha value is -1.12. The molecule has 0 spiro atoms. The number of thiophene rings is 1. The number of sulfonamides is 1. The molecule has 2 heterocycles. The van der Waals surface area contributed by atoms with Gasteiger partial charge in [0.15, 0.2) is 0 Å². The van der Waals surface area contributed by atoms with Crippen LogP contribution in [0, 0.1) is 0 Å². The largest absolute Gasteiger partial charge is 0.469 e. The number of esters is 1. The minimum absolute atomic E-state index is 0.00109. The lowest BCUT2D eigenvalue weighted by molar-refractivity contribution is -0.140. The van der Waals surface area contributed by atoms with Crippen LogP contribution in [0.15, 0.2) is 17.5 Å². The van der Waals surface area contributed by atoms with Crippen LogP contribution >= 0.6 is 11.3 Å². The Morgan fingerprint density at radius 3 is 2.62 bits per heavy atom. The Morgan fingerprint density at radius 2 is 2.05 bits per heavy atom. The van der Waals surface area contributed by atoms with Gasteiger partial charge in [-0.3, -0.25) is 4.79 Å². The van der Waals surface area contributed by atoms with Crippen LogP contribution in [0.5, 0.6) is 0 Å². The Kier molecular flexibility index (Phi) is 5.60. The molecule has 0 atom stereocenters. The average Bonchev–Trinajstić information content (AvgIpc) is 3.01. The van der Waals surface area contributed by atoms with Crippen molar-refractivity contribution in [2.24, 2.45) is 0 Å². The van der Waals surface area contributed by atoms with Crippen LogP contribution in [0.25, 0.3) is 0 Å². The van der Waals surface area contributed by atoms with Gasteiger partial charge < -0.3 is 9.64 Å². The Balaban J connectivity index is 1.81. The highest BCUT2D eigenvalue weighted by Crippen LogP contribution is 2.23. The van der Waals surface area contributed by atoms with Crippen LogP contribution < -0.4 is 4.90 Å². The second-order valence-electron chi connectivity index (χ2n) is 4.83. The van der Waals surface area contributed by atoms with Crippen LogP contribution in [0.4, 0.5) is 5.00 Å². The van der Waals surface area contributed by atoms with Crippen molar-refractivity contribution in [2.75, 3.05) is 43.9 Å². The molecule has 0 aromatic carbocycles. The summed E-state index contributed by atoms with van der Waals surface area (Å²) < 4.78 is 30.4. The first-order valence-corrected chi connectivity index (χ1v) is 9.35. The minimum Gasteiger partial charge on any atom is -0.469 e. The summed E-state index contributed by atoms with van der Waals surface area (Å²) in [4.78, 5) is 13.2. The summed E-state index contributed by atoms with van der Waals surface area (Å²) in [6, 6.07) is 4.04. The van der Waals surface area contributed by atoms with Crippen molar-refractivity contribution in [2.45, 2.75) is 12.8 Å². The summed E-state index contributed by atoms with van der Waals surface area (Å²) in [6.07, 6.45) is 0.449. The third kappa shape index (κ3) is 4.42. The zero-order valence-corrected chi connectivity index (χ0v) is 13.7. The van der Waals surface area contributed by atoms with E-state index in [1.165, 1.54) is 16.4 Å². The number of ether oxygens (including phenoxy) is 1. The van der Waals surface area contributed by atoms with Crippen molar-refractivity contribution < 1.29 is 17.9 Å². The third-order valence-corrected chi connectivity index (χ3v) is 6.35. The van der Waals surface area contributed by atoms with Crippen LogP contribution in [0.3, 0.4) is 0 Å². The van der Waals surface area contributed by atoms with E-state index in [4.69, 9.17) is 0 Å². The van der Waals surface area contributed by atoms with E-state index in [1.54, 1.807) is 11.3 Å². The quantitative estimate of drug-likeness (QED) is 0.731. The number of nitrogens with zero attached hydrogens (tertiary/aromatic N) is 2. The van der Waals surface area contributed by atoms with Gasteiger partial charge in [0.2, 0.25) is 10.0 Å². The number of piperazine rings is 1. The van der Waals surface area contributed by atoms with Crippen molar-refractivity contribution in [1.82, 2.24) is 4.31 Å². The molecule has 2 rings (SSSR count). The van der Waals surface area contributed by atoms with E-state index in [1.807, 2.05) is 17.5 Å². The fraction of sp³-hybridized carbons (Fsp3) is 0.615. The molecule has 21 heavy (non-hydrogen) atoms. The number of carbonyl (C=O) groups excluding carboxylic acids is 1. The number of carbonyl (C=O) groups is 1. The first-order valence-electron chi connectivity index (χ1n) is 6.86. The molecule has 1 saturated heterocycles. The second-order valence-corrected chi connectivity index (χ2v) is 7.85. The maximum absolute atomic E-state index is 12.2. The molecular weight excluding hydrogens is 312 g/mol. The van der Waals surface area contributed by atoms with E-state index in [0.717, 1.165) is 0 Å². The van der Waals surface area contributed by atoms with Gasteiger partial charge in [0.1, 0.15) is 0 Å². The maximum atomic E-state index is 12.2. The summed E-state index contributed by atoms with van der Waals surface area (Å²) in [5.74, 6) is -0.367. The average molecular weight is 332 g/mol. The molecule has 0 radical (unpaired) electrons. The maximum Gasteiger partial charge on any atom is 0.305 e. The van der Waals surface area contributed by atoms with E-state index in [9.17, 15) is 13.2 Å². The number of methoxy groups -OCH3 is 1. The summed E-state index contributed by atoms with van der Waals surface area (Å²) in [5.41, 5.74) is 0. The lowest BCUT2D eigenvalue weighted by atomic mass is 10.3. The van der Waals surface area contributed by atoms with E-state index in [2.05, 4.69) is 9.64 Å². The zero-order chi connectivity index (χ0) is 15.3. The monoisotopic (exact) mass is 332 g/mol. The van der Waals surface area contributed by atoms with Crippen LogP contribution in [0.1, 0.15) is 12.8 Å². The summed E-state index contributed by atoms with van der Waals surface area (Å²) >= 11 is 1.66. The fourth-order valence-corrected chi connectivity index (χ4v) is 4.54. The van der Waals surface area contributed by atoms with Gasteiger partial charge in [-0.15, -0.1) is 11.3 Å². The molecule has 0 aliphatic carbocycles. The standard InChI is InChI=1S/C13H20N2O4S2/c1-19-13(16)5-3-11-21(17,18)15-8-6-14(7-9-15)12-4-2-10-20-12/h2,4,10H,3,5-9,11H2,1H3. The minimum atomic E-state index is -3.28. The molecule has 0 amide bonds. The Morgan fingerprint density at radius 1 is 1.33 bits per heavy atom. The van der Waals surface area contributed by atoms with Gasteiger partial charge in [-0.25, -0.2) is 8.42 Å². The molecule has 0 N–H and O–H groups in total. The molecule has 118 valence electrons. The highest BCUT2D eigenvalue weighted by Gasteiger charge is 2.27. The Bertz CT molecular complexity index is 549. The SMILES string of the molecule is COC(=O)CCCS(=O)(=O)N1CCN(c2cccs2)CC1. The first-order chi connectivity index (χ1) is 10.0. The normalized spacial score (nSPS) is 16.9. The van der Waals surface area contributed by atoms with Gasteiger partial charge in [-0.2, -0.15) is 4.31 Å². The fourth-order valence-electron chi connectivity index (χ4n) is 2.27. The third-order valence-electron chi connectivity index (χ3n) is 3.46. The summed E-state index contributed by atoms with van der Waals surface area (Å²) in [6.45, 7) is 2.41. The molecule has 1 aliphatic rings. The molecule has 0 unspecified atom stereocenters. The molecule has 8 heteroatoms. The van der Waals surface area contributed by atoms with Gasteiger partial charge in [-0.05, 0) is 23.9 Å². The summed E-state index contributed by atoms with van der Waals surface area (Å²) in [7, 11) is -1.97.